The minimum atomic E-state index is -0.176. The van der Waals surface area contributed by atoms with Crippen LogP contribution >= 0.6 is 0 Å². The van der Waals surface area contributed by atoms with Gasteiger partial charge in [0, 0.05) is 24.5 Å². The Morgan fingerprint density at radius 2 is 1.92 bits per heavy atom. The third kappa shape index (κ3) is 3.60. The fraction of sp³-hybridized carbons (Fsp3) is 0.250. The van der Waals surface area contributed by atoms with Crippen LogP contribution in [0.25, 0.3) is 11.0 Å². The molecule has 3 aromatic rings. The Bertz CT molecular complexity index is 839. The van der Waals surface area contributed by atoms with Crippen molar-refractivity contribution in [3.63, 3.8) is 0 Å². The quantitative estimate of drug-likeness (QED) is 0.753. The van der Waals surface area contributed by atoms with E-state index in [0.717, 1.165) is 28.0 Å². The van der Waals surface area contributed by atoms with Crippen molar-refractivity contribution < 1.29 is 13.9 Å². The van der Waals surface area contributed by atoms with E-state index in [0.29, 0.717) is 6.54 Å². The molecule has 1 heterocycles. The molecule has 2 amide bonds. The smallest absolute Gasteiger partial charge is 0.318 e. The number of urea groups is 1. The van der Waals surface area contributed by atoms with Crippen LogP contribution < -0.4 is 10.1 Å². The molecular weight excluding hydrogens is 316 g/mol. The Morgan fingerprint density at radius 3 is 2.68 bits per heavy atom. The summed E-state index contributed by atoms with van der Waals surface area (Å²) in [5.74, 6) is 1.52. The van der Waals surface area contributed by atoms with Crippen LogP contribution in [-0.2, 0) is 6.54 Å². The fourth-order valence-corrected chi connectivity index (χ4v) is 2.72. The molecule has 0 radical (unpaired) electrons. The molecule has 0 fully saturated rings. The van der Waals surface area contributed by atoms with Gasteiger partial charge in [-0.25, -0.2) is 4.79 Å². The van der Waals surface area contributed by atoms with Gasteiger partial charge in [-0.15, -0.1) is 0 Å². The van der Waals surface area contributed by atoms with Gasteiger partial charge in [-0.05, 0) is 25.1 Å². The molecule has 0 bridgehead atoms. The van der Waals surface area contributed by atoms with E-state index in [1.807, 2.05) is 61.5 Å². The minimum absolute atomic E-state index is 0.168. The summed E-state index contributed by atoms with van der Waals surface area (Å²) in [5, 5.41) is 3.96. The van der Waals surface area contributed by atoms with Crippen LogP contribution in [0.2, 0.25) is 0 Å². The zero-order chi connectivity index (χ0) is 17.8. The second kappa shape index (κ2) is 7.30. The second-order valence-corrected chi connectivity index (χ2v) is 5.94. The van der Waals surface area contributed by atoms with E-state index in [9.17, 15) is 4.79 Å². The molecule has 3 rings (SSSR count). The van der Waals surface area contributed by atoms with E-state index in [1.165, 1.54) is 0 Å². The maximum absolute atomic E-state index is 12.5. The Balaban J connectivity index is 1.67. The first-order valence-corrected chi connectivity index (χ1v) is 8.21. The molecule has 5 nitrogen and oxygen atoms in total. The summed E-state index contributed by atoms with van der Waals surface area (Å²) in [4.78, 5) is 14.1. The molecule has 1 N–H and O–H groups in total. The van der Waals surface area contributed by atoms with Crippen LogP contribution in [-0.4, -0.2) is 25.1 Å². The summed E-state index contributed by atoms with van der Waals surface area (Å²) in [5.41, 5.74) is 1.76. The lowest BCUT2D eigenvalue weighted by Gasteiger charge is -2.23. The number of nitrogens with one attached hydrogen (secondary N) is 1. The summed E-state index contributed by atoms with van der Waals surface area (Å²) in [6.45, 7) is 2.35. The van der Waals surface area contributed by atoms with Gasteiger partial charge in [-0.1, -0.05) is 36.4 Å². The molecule has 1 aromatic heterocycles. The number of carbonyl (C=O) groups is 1. The number of para-hydroxylation sites is 2. The number of ether oxygens (including phenoxy) is 1. The Morgan fingerprint density at radius 1 is 1.20 bits per heavy atom. The number of hydrogen-bond acceptors (Lipinski definition) is 3. The lowest BCUT2D eigenvalue weighted by Crippen LogP contribution is -2.38. The molecule has 0 spiro atoms. The molecule has 5 heteroatoms. The number of hydrogen-bond donors (Lipinski definition) is 1. The molecule has 1 atom stereocenters. The van der Waals surface area contributed by atoms with Gasteiger partial charge >= 0.3 is 6.03 Å². The van der Waals surface area contributed by atoms with Crippen molar-refractivity contribution in [3.05, 3.63) is 65.9 Å². The minimum Gasteiger partial charge on any atom is -0.496 e. The Labute approximate surface area is 147 Å². The van der Waals surface area contributed by atoms with Gasteiger partial charge in [-0.3, -0.25) is 0 Å². The third-order valence-electron chi connectivity index (χ3n) is 4.38. The van der Waals surface area contributed by atoms with Crippen molar-refractivity contribution in [2.75, 3.05) is 14.2 Å². The maximum Gasteiger partial charge on any atom is 0.318 e. The van der Waals surface area contributed by atoms with Crippen molar-refractivity contribution in [1.29, 1.82) is 0 Å². The summed E-state index contributed by atoms with van der Waals surface area (Å²) in [7, 11) is 3.38. The normalized spacial score (nSPS) is 12.0. The third-order valence-corrected chi connectivity index (χ3v) is 4.38. The van der Waals surface area contributed by atoms with E-state index >= 15 is 0 Å². The number of rotatable bonds is 5. The first kappa shape index (κ1) is 16.9. The summed E-state index contributed by atoms with van der Waals surface area (Å²) in [6.07, 6.45) is 0. The zero-order valence-electron chi connectivity index (χ0n) is 14.7. The highest BCUT2D eigenvalue weighted by Crippen LogP contribution is 2.26. The second-order valence-electron chi connectivity index (χ2n) is 5.94. The average molecular weight is 338 g/mol. The zero-order valence-corrected chi connectivity index (χ0v) is 14.7. The number of carbonyl (C=O) groups excluding carboxylic acids is 1. The predicted octanol–water partition coefficient (Wildman–Crippen LogP) is 4.34. The molecular formula is C20H22N2O3. The lowest BCUT2D eigenvalue weighted by atomic mass is 10.2. The van der Waals surface area contributed by atoms with Gasteiger partial charge in [0.1, 0.15) is 17.1 Å². The number of furan rings is 1. The van der Waals surface area contributed by atoms with Crippen molar-refractivity contribution in [1.82, 2.24) is 10.2 Å². The fourth-order valence-electron chi connectivity index (χ4n) is 2.72. The van der Waals surface area contributed by atoms with Crippen LogP contribution in [0, 0.1) is 0 Å². The highest BCUT2D eigenvalue weighted by molar-refractivity contribution is 5.78. The van der Waals surface area contributed by atoms with E-state index < -0.39 is 0 Å². The monoisotopic (exact) mass is 338 g/mol. The molecule has 0 aliphatic carbocycles. The number of fused-ring (bicyclic) bond motifs is 1. The molecule has 0 saturated carbocycles. The van der Waals surface area contributed by atoms with Crippen molar-refractivity contribution in [3.8, 4) is 5.75 Å². The summed E-state index contributed by atoms with van der Waals surface area (Å²) in [6, 6.07) is 17.1. The number of benzene rings is 2. The molecule has 130 valence electrons. The molecule has 2 aromatic carbocycles. The van der Waals surface area contributed by atoms with Crippen molar-refractivity contribution in [2.45, 2.75) is 19.5 Å². The highest BCUT2D eigenvalue weighted by Gasteiger charge is 2.20. The summed E-state index contributed by atoms with van der Waals surface area (Å²) < 4.78 is 11.2. The lowest BCUT2D eigenvalue weighted by molar-refractivity contribution is 0.187. The van der Waals surface area contributed by atoms with E-state index in [-0.39, 0.29) is 12.1 Å². The number of methoxy groups -OCH3 is 1. The Hall–Kier alpha value is -2.95. The van der Waals surface area contributed by atoms with Crippen molar-refractivity contribution in [2.24, 2.45) is 0 Å². The van der Waals surface area contributed by atoms with Gasteiger partial charge in [0.2, 0.25) is 0 Å². The van der Waals surface area contributed by atoms with E-state index in [1.54, 1.807) is 19.1 Å². The SMILES string of the molecule is COc1ccccc1CNC(=O)N(C)C(C)c1cc2ccccc2o1. The molecule has 1 unspecified atom stereocenters. The van der Waals surface area contributed by atoms with Gasteiger partial charge in [-0.2, -0.15) is 0 Å². The standard InChI is InChI=1S/C20H22N2O3/c1-14(19-12-15-8-4-7-11-18(15)25-19)22(2)20(23)21-13-16-9-5-6-10-17(16)24-3/h4-12,14H,13H2,1-3H3,(H,21,23). The summed E-state index contributed by atoms with van der Waals surface area (Å²) >= 11 is 0. The highest BCUT2D eigenvalue weighted by atomic mass is 16.5. The first-order chi connectivity index (χ1) is 12.1. The van der Waals surface area contributed by atoms with Crippen LogP contribution in [0.15, 0.2) is 59.0 Å². The van der Waals surface area contributed by atoms with Crippen molar-refractivity contribution >= 4 is 17.0 Å². The van der Waals surface area contributed by atoms with E-state index in [4.69, 9.17) is 9.15 Å². The molecule has 0 saturated heterocycles. The predicted molar refractivity (Wildman–Crippen MR) is 97.6 cm³/mol. The molecule has 0 aliphatic heterocycles. The largest absolute Gasteiger partial charge is 0.496 e. The van der Waals surface area contributed by atoms with Crippen LogP contribution in [0.3, 0.4) is 0 Å². The van der Waals surface area contributed by atoms with Crippen LogP contribution in [0.4, 0.5) is 4.79 Å². The molecule has 0 aliphatic rings. The maximum atomic E-state index is 12.5. The first-order valence-electron chi connectivity index (χ1n) is 8.21. The van der Waals surface area contributed by atoms with Crippen LogP contribution in [0.1, 0.15) is 24.3 Å². The van der Waals surface area contributed by atoms with Gasteiger partial charge in [0.05, 0.1) is 13.2 Å². The van der Waals surface area contributed by atoms with Gasteiger partial charge < -0.3 is 19.4 Å². The van der Waals surface area contributed by atoms with Gasteiger partial charge in [0.15, 0.2) is 0 Å². The van der Waals surface area contributed by atoms with Crippen LogP contribution in [0.5, 0.6) is 5.75 Å². The topological polar surface area (TPSA) is 54.7 Å². The van der Waals surface area contributed by atoms with Gasteiger partial charge in [0.25, 0.3) is 0 Å². The number of amides is 2. The van der Waals surface area contributed by atoms with E-state index in [2.05, 4.69) is 5.32 Å². The number of nitrogens with zero attached hydrogens (tertiary/aromatic N) is 1. The Kier molecular flexibility index (Phi) is 4.93. The molecule has 25 heavy (non-hydrogen) atoms. The average Bonchev–Trinajstić information content (AvgIpc) is 3.09.